The SMILES string of the molecule is CN(C)C(CNCc1sccc1N)c1cccs1. The number of thiophene rings is 2. The van der Waals surface area contributed by atoms with E-state index in [9.17, 15) is 0 Å². The summed E-state index contributed by atoms with van der Waals surface area (Å²) in [7, 11) is 4.23. The Morgan fingerprint density at radius 2 is 2.11 bits per heavy atom. The van der Waals surface area contributed by atoms with E-state index in [4.69, 9.17) is 5.73 Å². The van der Waals surface area contributed by atoms with Gasteiger partial charge < -0.3 is 16.0 Å². The Morgan fingerprint density at radius 1 is 1.28 bits per heavy atom. The largest absolute Gasteiger partial charge is 0.398 e. The van der Waals surface area contributed by atoms with Crippen LogP contribution in [0.1, 0.15) is 15.8 Å². The van der Waals surface area contributed by atoms with Crippen LogP contribution < -0.4 is 11.1 Å². The highest BCUT2D eigenvalue weighted by Gasteiger charge is 2.14. The first kappa shape index (κ1) is 13.5. The maximum absolute atomic E-state index is 5.87. The summed E-state index contributed by atoms with van der Waals surface area (Å²) < 4.78 is 0. The topological polar surface area (TPSA) is 41.3 Å². The van der Waals surface area contributed by atoms with Crippen molar-refractivity contribution in [3.63, 3.8) is 0 Å². The first-order valence-electron chi connectivity index (χ1n) is 5.91. The maximum atomic E-state index is 5.87. The maximum Gasteiger partial charge on any atom is 0.0561 e. The van der Waals surface area contributed by atoms with Gasteiger partial charge in [-0.05, 0) is 37.0 Å². The average Bonchev–Trinajstić information content (AvgIpc) is 2.96. The molecule has 2 heterocycles. The molecule has 0 bridgehead atoms. The second-order valence-electron chi connectivity index (χ2n) is 4.42. The molecular formula is C13H19N3S2. The first-order chi connectivity index (χ1) is 8.68. The number of nitrogens with two attached hydrogens (primary N) is 1. The molecule has 1 unspecified atom stereocenters. The third kappa shape index (κ3) is 3.32. The van der Waals surface area contributed by atoms with Gasteiger partial charge in [0.2, 0.25) is 0 Å². The molecule has 2 aromatic heterocycles. The van der Waals surface area contributed by atoms with Crippen molar-refractivity contribution in [2.75, 3.05) is 26.4 Å². The Balaban J connectivity index is 1.89. The normalized spacial score (nSPS) is 13.1. The van der Waals surface area contributed by atoms with E-state index in [-0.39, 0.29) is 0 Å². The van der Waals surface area contributed by atoms with Crippen LogP contribution >= 0.6 is 22.7 Å². The van der Waals surface area contributed by atoms with Crippen LogP contribution in [0, 0.1) is 0 Å². The molecule has 3 nitrogen and oxygen atoms in total. The van der Waals surface area contributed by atoms with Crippen LogP contribution in [0.5, 0.6) is 0 Å². The summed E-state index contributed by atoms with van der Waals surface area (Å²) in [6, 6.07) is 6.68. The number of hydrogen-bond donors (Lipinski definition) is 2. The fourth-order valence-corrected chi connectivity index (χ4v) is 3.53. The third-order valence-electron chi connectivity index (χ3n) is 2.90. The van der Waals surface area contributed by atoms with Gasteiger partial charge in [0.25, 0.3) is 0 Å². The van der Waals surface area contributed by atoms with Crippen molar-refractivity contribution in [1.29, 1.82) is 0 Å². The fraction of sp³-hybridized carbons (Fsp3) is 0.385. The molecule has 5 heteroatoms. The molecule has 18 heavy (non-hydrogen) atoms. The summed E-state index contributed by atoms with van der Waals surface area (Å²) >= 11 is 3.52. The zero-order chi connectivity index (χ0) is 13.0. The molecule has 0 aromatic carbocycles. The molecule has 0 spiro atoms. The molecule has 0 saturated carbocycles. The summed E-state index contributed by atoms with van der Waals surface area (Å²) in [6.07, 6.45) is 0. The zero-order valence-corrected chi connectivity index (χ0v) is 12.4. The molecule has 2 aromatic rings. The summed E-state index contributed by atoms with van der Waals surface area (Å²) in [4.78, 5) is 4.86. The fourth-order valence-electron chi connectivity index (χ4n) is 1.84. The first-order valence-corrected chi connectivity index (χ1v) is 7.67. The van der Waals surface area contributed by atoms with Gasteiger partial charge in [-0.15, -0.1) is 22.7 Å². The number of nitrogen functional groups attached to an aromatic ring is 1. The number of rotatable bonds is 6. The van der Waals surface area contributed by atoms with E-state index in [0.717, 1.165) is 18.8 Å². The van der Waals surface area contributed by atoms with Crippen LogP contribution in [0.25, 0.3) is 0 Å². The number of likely N-dealkylation sites (N-methyl/N-ethyl adjacent to an activating group) is 1. The third-order valence-corrected chi connectivity index (χ3v) is 4.81. The highest BCUT2D eigenvalue weighted by molar-refractivity contribution is 7.10. The van der Waals surface area contributed by atoms with E-state index in [1.165, 1.54) is 9.75 Å². The minimum atomic E-state index is 0.422. The van der Waals surface area contributed by atoms with E-state index in [1.807, 2.05) is 11.4 Å². The molecule has 0 aliphatic carbocycles. The van der Waals surface area contributed by atoms with Crippen LogP contribution in [-0.4, -0.2) is 25.5 Å². The van der Waals surface area contributed by atoms with E-state index >= 15 is 0 Å². The van der Waals surface area contributed by atoms with Crippen molar-refractivity contribution >= 4 is 28.4 Å². The van der Waals surface area contributed by atoms with Gasteiger partial charge in [0.05, 0.1) is 6.04 Å². The lowest BCUT2D eigenvalue weighted by molar-refractivity contribution is 0.292. The number of nitrogens with one attached hydrogen (secondary N) is 1. The van der Waals surface area contributed by atoms with Crippen molar-refractivity contribution in [3.05, 3.63) is 38.7 Å². The lowest BCUT2D eigenvalue weighted by Gasteiger charge is -2.23. The number of hydrogen-bond acceptors (Lipinski definition) is 5. The van der Waals surface area contributed by atoms with Gasteiger partial charge in [0, 0.05) is 28.5 Å². The van der Waals surface area contributed by atoms with Crippen LogP contribution in [-0.2, 0) is 6.54 Å². The molecule has 1 atom stereocenters. The summed E-state index contributed by atoms with van der Waals surface area (Å²) in [5.74, 6) is 0. The van der Waals surface area contributed by atoms with Crippen molar-refractivity contribution in [2.24, 2.45) is 0 Å². The molecule has 0 fully saturated rings. The lowest BCUT2D eigenvalue weighted by atomic mass is 10.2. The average molecular weight is 281 g/mol. The van der Waals surface area contributed by atoms with E-state index in [2.05, 4.69) is 41.8 Å². The van der Waals surface area contributed by atoms with Crippen molar-refractivity contribution in [3.8, 4) is 0 Å². The second kappa shape index (κ2) is 6.33. The molecule has 0 amide bonds. The van der Waals surface area contributed by atoms with E-state index in [0.29, 0.717) is 6.04 Å². The summed E-state index contributed by atoms with van der Waals surface area (Å²) in [6.45, 7) is 1.78. The van der Waals surface area contributed by atoms with Crippen molar-refractivity contribution < 1.29 is 0 Å². The zero-order valence-electron chi connectivity index (χ0n) is 10.7. The Hall–Kier alpha value is -0.880. The molecule has 0 aliphatic rings. The highest BCUT2D eigenvalue weighted by Crippen LogP contribution is 2.23. The lowest BCUT2D eigenvalue weighted by Crippen LogP contribution is -2.30. The van der Waals surface area contributed by atoms with Crippen LogP contribution in [0.3, 0.4) is 0 Å². The molecule has 98 valence electrons. The monoisotopic (exact) mass is 281 g/mol. The van der Waals surface area contributed by atoms with Crippen molar-refractivity contribution in [2.45, 2.75) is 12.6 Å². The molecule has 3 N–H and O–H groups in total. The minimum Gasteiger partial charge on any atom is -0.398 e. The van der Waals surface area contributed by atoms with E-state index in [1.54, 1.807) is 22.7 Å². The van der Waals surface area contributed by atoms with Gasteiger partial charge in [-0.3, -0.25) is 0 Å². The molecular weight excluding hydrogens is 262 g/mol. The Bertz CT molecular complexity index is 462. The molecule has 0 saturated heterocycles. The van der Waals surface area contributed by atoms with Gasteiger partial charge in [-0.25, -0.2) is 0 Å². The van der Waals surface area contributed by atoms with Gasteiger partial charge in [0.15, 0.2) is 0 Å². The Morgan fingerprint density at radius 3 is 2.67 bits per heavy atom. The predicted octanol–water partition coefficient (Wildman–Crippen LogP) is 2.78. The highest BCUT2D eigenvalue weighted by atomic mass is 32.1. The summed E-state index contributed by atoms with van der Waals surface area (Å²) in [5, 5.41) is 7.66. The standard InChI is InChI=1S/C13H19N3S2/c1-16(2)11(12-4-3-6-17-12)8-15-9-13-10(14)5-7-18-13/h3-7,11,15H,8-9,14H2,1-2H3. The Kier molecular flexibility index (Phi) is 4.77. The second-order valence-corrected chi connectivity index (χ2v) is 6.40. The van der Waals surface area contributed by atoms with Crippen LogP contribution in [0.2, 0.25) is 0 Å². The van der Waals surface area contributed by atoms with E-state index < -0.39 is 0 Å². The minimum absolute atomic E-state index is 0.422. The van der Waals surface area contributed by atoms with Crippen LogP contribution in [0.15, 0.2) is 29.0 Å². The van der Waals surface area contributed by atoms with Crippen LogP contribution in [0.4, 0.5) is 5.69 Å². The predicted molar refractivity (Wildman–Crippen MR) is 81.2 cm³/mol. The number of anilines is 1. The molecule has 2 rings (SSSR count). The molecule has 0 radical (unpaired) electrons. The van der Waals surface area contributed by atoms with Gasteiger partial charge in [0.1, 0.15) is 0 Å². The van der Waals surface area contributed by atoms with Gasteiger partial charge in [-0.1, -0.05) is 6.07 Å². The van der Waals surface area contributed by atoms with Crippen molar-refractivity contribution in [1.82, 2.24) is 10.2 Å². The smallest absolute Gasteiger partial charge is 0.0561 e. The quantitative estimate of drug-likeness (QED) is 0.855. The number of nitrogens with zero attached hydrogens (tertiary/aromatic N) is 1. The van der Waals surface area contributed by atoms with Gasteiger partial charge >= 0.3 is 0 Å². The Labute approximate surface area is 116 Å². The van der Waals surface area contributed by atoms with Gasteiger partial charge in [-0.2, -0.15) is 0 Å². The molecule has 0 aliphatic heterocycles. The summed E-state index contributed by atoms with van der Waals surface area (Å²) in [5.41, 5.74) is 6.77.